The quantitative estimate of drug-likeness (QED) is 0.774. The van der Waals surface area contributed by atoms with Crippen molar-refractivity contribution in [3.63, 3.8) is 0 Å². The zero-order valence-electron chi connectivity index (χ0n) is 17.6. The SMILES string of the molecule is CCN1CCN(C2=NC(C(=O)Nc3ccc(Oc4ccccc4)cc3)CC(=O)N2)CC1. The molecular weight excluding hydrogens is 394 g/mol. The number of carbonyl (C=O) groups is 2. The van der Waals surface area contributed by atoms with Crippen LogP contribution in [0.5, 0.6) is 11.5 Å². The molecule has 8 nitrogen and oxygen atoms in total. The molecule has 2 amide bonds. The normalized spacial score (nSPS) is 19.4. The zero-order chi connectivity index (χ0) is 21.6. The first-order valence-electron chi connectivity index (χ1n) is 10.6. The lowest BCUT2D eigenvalue weighted by Gasteiger charge is -2.37. The Bertz CT molecular complexity index is 937. The van der Waals surface area contributed by atoms with Crippen molar-refractivity contribution in [3.05, 3.63) is 54.6 Å². The van der Waals surface area contributed by atoms with Gasteiger partial charge < -0.3 is 19.9 Å². The van der Waals surface area contributed by atoms with E-state index < -0.39 is 6.04 Å². The first-order chi connectivity index (χ1) is 15.1. The standard InChI is InChI=1S/C23H27N5O3/c1-2-27-12-14-28(15-13-27)23-25-20(16-21(29)26-23)22(30)24-17-8-10-19(11-9-17)31-18-6-4-3-5-7-18/h3-11,20H,2,12-16H2,1H3,(H,24,30)(H,25,26,29). The van der Waals surface area contributed by atoms with E-state index in [1.165, 1.54) is 0 Å². The van der Waals surface area contributed by atoms with Crippen molar-refractivity contribution in [2.24, 2.45) is 4.99 Å². The van der Waals surface area contributed by atoms with Gasteiger partial charge in [0.05, 0.1) is 6.42 Å². The predicted molar refractivity (Wildman–Crippen MR) is 119 cm³/mol. The number of carbonyl (C=O) groups excluding carboxylic acids is 2. The van der Waals surface area contributed by atoms with E-state index in [0.717, 1.165) is 38.5 Å². The highest BCUT2D eigenvalue weighted by molar-refractivity contribution is 6.06. The van der Waals surface area contributed by atoms with Gasteiger partial charge in [0.2, 0.25) is 17.8 Å². The number of aliphatic imine (C=N–C) groups is 1. The van der Waals surface area contributed by atoms with Crippen LogP contribution in [0.4, 0.5) is 5.69 Å². The number of guanidine groups is 1. The summed E-state index contributed by atoms with van der Waals surface area (Å²) in [5.74, 6) is 1.44. The molecule has 2 heterocycles. The number of nitrogens with zero attached hydrogens (tertiary/aromatic N) is 3. The van der Waals surface area contributed by atoms with Crippen LogP contribution < -0.4 is 15.4 Å². The molecule has 1 fully saturated rings. The summed E-state index contributed by atoms with van der Waals surface area (Å²) in [7, 11) is 0. The Labute approximate surface area is 181 Å². The second-order valence-electron chi connectivity index (χ2n) is 7.57. The number of amides is 2. The van der Waals surface area contributed by atoms with E-state index in [2.05, 4.69) is 27.4 Å². The van der Waals surface area contributed by atoms with Crippen molar-refractivity contribution >= 4 is 23.5 Å². The average molecular weight is 422 g/mol. The first-order valence-corrected chi connectivity index (χ1v) is 10.6. The number of likely N-dealkylation sites (N-methyl/N-ethyl adjacent to an activating group) is 1. The molecule has 2 N–H and O–H groups in total. The maximum atomic E-state index is 12.8. The molecule has 1 saturated heterocycles. The number of hydrogen-bond acceptors (Lipinski definition) is 6. The molecule has 8 heteroatoms. The molecule has 2 aliphatic heterocycles. The van der Waals surface area contributed by atoms with Gasteiger partial charge in [-0.2, -0.15) is 0 Å². The number of piperazine rings is 1. The number of nitrogens with one attached hydrogen (secondary N) is 2. The van der Waals surface area contributed by atoms with Gasteiger partial charge in [-0.05, 0) is 42.9 Å². The molecule has 162 valence electrons. The molecule has 2 aromatic carbocycles. The summed E-state index contributed by atoms with van der Waals surface area (Å²) in [6.45, 7) is 6.54. The Morgan fingerprint density at radius 3 is 2.42 bits per heavy atom. The van der Waals surface area contributed by atoms with Crippen molar-refractivity contribution in [2.45, 2.75) is 19.4 Å². The molecule has 0 spiro atoms. The average Bonchev–Trinajstić information content (AvgIpc) is 2.80. The van der Waals surface area contributed by atoms with E-state index in [1.54, 1.807) is 24.3 Å². The first kappa shape index (κ1) is 20.9. The summed E-state index contributed by atoms with van der Waals surface area (Å²) < 4.78 is 5.77. The summed E-state index contributed by atoms with van der Waals surface area (Å²) in [4.78, 5) is 33.9. The molecule has 31 heavy (non-hydrogen) atoms. The summed E-state index contributed by atoms with van der Waals surface area (Å²) in [6.07, 6.45) is 0.0411. The van der Waals surface area contributed by atoms with E-state index in [1.807, 2.05) is 35.2 Å². The monoisotopic (exact) mass is 421 g/mol. The summed E-state index contributed by atoms with van der Waals surface area (Å²) in [5, 5.41) is 5.67. The van der Waals surface area contributed by atoms with E-state index in [4.69, 9.17) is 4.74 Å². The predicted octanol–water partition coefficient (Wildman–Crippen LogP) is 2.30. The summed E-state index contributed by atoms with van der Waals surface area (Å²) in [5.41, 5.74) is 0.629. The highest BCUT2D eigenvalue weighted by Gasteiger charge is 2.30. The molecule has 2 aromatic rings. The van der Waals surface area contributed by atoms with Crippen molar-refractivity contribution in [2.75, 3.05) is 38.0 Å². The van der Waals surface area contributed by atoms with E-state index >= 15 is 0 Å². The topological polar surface area (TPSA) is 86.3 Å². The minimum atomic E-state index is -0.742. The van der Waals surface area contributed by atoms with E-state index in [-0.39, 0.29) is 18.2 Å². The Kier molecular flexibility index (Phi) is 6.47. The number of ether oxygens (including phenoxy) is 1. The fourth-order valence-electron chi connectivity index (χ4n) is 3.62. The Balaban J connectivity index is 1.37. The number of hydrogen-bond donors (Lipinski definition) is 2. The van der Waals surface area contributed by atoms with Crippen molar-refractivity contribution < 1.29 is 14.3 Å². The Hall–Kier alpha value is -3.39. The van der Waals surface area contributed by atoms with Gasteiger partial charge in [0.15, 0.2) is 0 Å². The van der Waals surface area contributed by atoms with Crippen LogP contribution in [0.15, 0.2) is 59.6 Å². The van der Waals surface area contributed by atoms with Crippen molar-refractivity contribution in [1.82, 2.24) is 15.1 Å². The van der Waals surface area contributed by atoms with Crippen molar-refractivity contribution in [3.8, 4) is 11.5 Å². The molecular formula is C23H27N5O3. The van der Waals surface area contributed by atoms with Gasteiger partial charge in [0, 0.05) is 31.9 Å². The van der Waals surface area contributed by atoms with E-state index in [0.29, 0.717) is 17.4 Å². The third-order valence-corrected chi connectivity index (χ3v) is 5.43. The van der Waals surface area contributed by atoms with E-state index in [9.17, 15) is 9.59 Å². The molecule has 0 radical (unpaired) electrons. The zero-order valence-corrected chi connectivity index (χ0v) is 17.6. The van der Waals surface area contributed by atoms with Crippen LogP contribution in [0, 0.1) is 0 Å². The van der Waals surface area contributed by atoms with Gasteiger partial charge in [0.1, 0.15) is 17.5 Å². The molecule has 0 bridgehead atoms. The van der Waals surface area contributed by atoms with Crippen LogP contribution >= 0.6 is 0 Å². The molecule has 0 aliphatic carbocycles. The van der Waals surface area contributed by atoms with Gasteiger partial charge in [-0.15, -0.1) is 0 Å². The maximum absolute atomic E-state index is 12.8. The molecule has 1 atom stereocenters. The van der Waals surface area contributed by atoms with Crippen LogP contribution in [0.25, 0.3) is 0 Å². The van der Waals surface area contributed by atoms with Gasteiger partial charge in [0.25, 0.3) is 0 Å². The highest BCUT2D eigenvalue weighted by atomic mass is 16.5. The van der Waals surface area contributed by atoms with Gasteiger partial charge >= 0.3 is 0 Å². The van der Waals surface area contributed by atoms with Crippen LogP contribution in [0.3, 0.4) is 0 Å². The van der Waals surface area contributed by atoms with Crippen LogP contribution in [-0.2, 0) is 9.59 Å². The van der Waals surface area contributed by atoms with Crippen LogP contribution in [-0.4, -0.2) is 66.3 Å². The van der Waals surface area contributed by atoms with Gasteiger partial charge in [-0.3, -0.25) is 14.9 Å². The smallest absolute Gasteiger partial charge is 0.249 e. The number of para-hydroxylation sites is 1. The third-order valence-electron chi connectivity index (χ3n) is 5.43. The fourth-order valence-corrected chi connectivity index (χ4v) is 3.62. The summed E-state index contributed by atoms with van der Waals surface area (Å²) in [6, 6.07) is 15.9. The Morgan fingerprint density at radius 1 is 1.06 bits per heavy atom. The summed E-state index contributed by atoms with van der Waals surface area (Å²) >= 11 is 0. The lowest BCUT2D eigenvalue weighted by molar-refractivity contribution is -0.125. The molecule has 4 rings (SSSR count). The second-order valence-corrected chi connectivity index (χ2v) is 7.57. The maximum Gasteiger partial charge on any atom is 0.249 e. The van der Waals surface area contributed by atoms with Gasteiger partial charge in [-0.25, -0.2) is 4.99 Å². The molecule has 0 aromatic heterocycles. The van der Waals surface area contributed by atoms with Gasteiger partial charge in [-0.1, -0.05) is 25.1 Å². The fraction of sp³-hybridized carbons (Fsp3) is 0.348. The van der Waals surface area contributed by atoms with Crippen LogP contribution in [0.1, 0.15) is 13.3 Å². The number of anilines is 1. The van der Waals surface area contributed by atoms with Crippen molar-refractivity contribution in [1.29, 1.82) is 0 Å². The minimum absolute atomic E-state index is 0.0411. The minimum Gasteiger partial charge on any atom is -0.457 e. The molecule has 0 saturated carbocycles. The lowest BCUT2D eigenvalue weighted by Crippen LogP contribution is -2.56. The Morgan fingerprint density at radius 2 is 1.74 bits per heavy atom. The lowest BCUT2D eigenvalue weighted by atomic mass is 10.1. The highest BCUT2D eigenvalue weighted by Crippen LogP contribution is 2.23. The van der Waals surface area contributed by atoms with Crippen LogP contribution in [0.2, 0.25) is 0 Å². The third kappa shape index (κ3) is 5.40. The largest absolute Gasteiger partial charge is 0.457 e. The number of rotatable bonds is 5. The molecule has 1 unspecified atom stereocenters. The number of benzene rings is 2. The molecule has 2 aliphatic rings. The second kappa shape index (κ2) is 9.61.